The van der Waals surface area contributed by atoms with Crippen molar-refractivity contribution in [2.75, 3.05) is 7.11 Å². The number of esters is 1. The van der Waals surface area contributed by atoms with Gasteiger partial charge in [0, 0.05) is 16.2 Å². The smallest absolute Gasteiger partial charge is 0.341 e. The highest BCUT2D eigenvalue weighted by Gasteiger charge is 2.20. The summed E-state index contributed by atoms with van der Waals surface area (Å²) in [6, 6.07) is 8.44. The van der Waals surface area contributed by atoms with Gasteiger partial charge in [-0.3, -0.25) is 9.36 Å². The van der Waals surface area contributed by atoms with Crippen molar-refractivity contribution in [2.45, 2.75) is 6.92 Å². The second-order valence-electron chi connectivity index (χ2n) is 4.07. The number of hydrogen-bond acceptors (Lipinski definition) is 3. The lowest BCUT2D eigenvalue weighted by Gasteiger charge is -2.15. The third kappa shape index (κ3) is 2.51. The fourth-order valence-electron chi connectivity index (χ4n) is 1.97. The van der Waals surface area contributed by atoms with Crippen LogP contribution in [0.3, 0.4) is 0 Å². The van der Waals surface area contributed by atoms with E-state index in [0.717, 1.165) is 4.47 Å². The molecule has 0 spiro atoms. The molecule has 0 fully saturated rings. The zero-order chi connectivity index (χ0) is 14.9. The van der Waals surface area contributed by atoms with Crippen LogP contribution in [0.4, 0.5) is 0 Å². The Kier molecular flexibility index (Phi) is 4.30. The first-order valence-corrected chi connectivity index (χ1v) is 6.90. The van der Waals surface area contributed by atoms with Crippen LogP contribution < -0.4 is 5.56 Å². The first kappa shape index (κ1) is 14.8. The summed E-state index contributed by atoms with van der Waals surface area (Å²) in [5, 5.41) is 0.0858. The maximum atomic E-state index is 12.2. The number of carbonyl (C=O) groups excluding carboxylic acids is 1. The van der Waals surface area contributed by atoms with Crippen molar-refractivity contribution in [1.29, 1.82) is 0 Å². The predicted octanol–water partition coefficient (Wildman–Crippen LogP) is 3.35. The molecule has 0 aliphatic heterocycles. The molecule has 2 rings (SSSR count). The number of pyridine rings is 1. The lowest BCUT2D eigenvalue weighted by atomic mass is 10.2. The number of para-hydroxylation sites is 1. The van der Waals surface area contributed by atoms with Gasteiger partial charge in [0.1, 0.15) is 0 Å². The fraction of sp³-hybridized carbons (Fsp3) is 0.143. The molecule has 0 atom stereocenters. The van der Waals surface area contributed by atoms with Gasteiger partial charge in [-0.05, 0) is 35.0 Å². The normalized spacial score (nSPS) is 10.4. The van der Waals surface area contributed by atoms with E-state index in [1.807, 2.05) is 12.1 Å². The van der Waals surface area contributed by atoms with Gasteiger partial charge in [-0.15, -0.1) is 0 Å². The SMILES string of the molecule is COC(=O)c1c(Cl)cc(=O)n(-c2ccccc2Br)c1C. The third-order valence-corrected chi connectivity index (χ3v) is 3.86. The molecule has 1 aromatic heterocycles. The topological polar surface area (TPSA) is 48.3 Å². The van der Waals surface area contributed by atoms with Crippen LogP contribution in [0.5, 0.6) is 0 Å². The van der Waals surface area contributed by atoms with Crippen LogP contribution in [0.15, 0.2) is 39.6 Å². The number of nitrogens with zero attached hydrogens (tertiary/aromatic N) is 1. The van der Waals surface area contributed by atoms with Gasteiger partial charge in [-0.25, -0.2) is 4.79 Å². The van der Waals surface area contributed by atoms with Gasteiger partial charge in [0.25, 0.3) is 5.56 Å². The zero-order valence-electron chi connectivity index (χ0n) is 10.8. The summed E-state index contributed by atoms with van der Waals surface area (Å²) in [4.78, 5) is 24.0. The highest BCUT2D eigenvalue weighted by Crippen LogP contribution is 2.24. The standard InChI is InChI=1S/C14H11BrClNO3/c1-8-13(14(19)20-2)10(16)7-12(18)17(8)11-6-4-3-5-9(11)15/h3-7H,1-2H3. The largest absolute Gasteiger partial charge is 0.465 e. The van der Waals surface area contributed by atoms with Gasteiger partial charge in [0.2, 0.25) is 0 Å². The number of halogens is 2. The molecule has 1 aromatic carbocycles. The summed E-state index contributed by atoms with van der Waals surface area (Å²) in [6.07, 6.45) is 0. The van der Waals surface area contributed by atoms with Crippen LogP contribution in [0, 0.1) is 6.92 Å². The van der Waals surface area contributed by atoms with Crippen molar-refractivity contribution in [3.05, 3.63) is 61.4 Å². The number of ether oxygens (including phenoxy) is 1. The Hall–Kier alpha value is -1.59. The lowest BCUT2D eigenvalue weighted by molar-refractivity contribution is 0.0599. The van der Waals surface area contributed by atoms with E-state index in [1.54, 1.807) is 19.1 Å². The van der Waals surface area contributed by atoms with Crippen LogP contribution >= 0.6 is 27.5 Å². The minimum atomic E-state index is -0.576. The molecular weight excluding hydrogens is 346 g/mol. The maximum absolute atomic E-state index is 12.2. The number of benzene rings is 1. The Labute approximate surface area is 129 Å². The molecule has 20 heavy (non-hydrogen) atoms. The number of hydrogen-bond donors (Lipinski definition) is 0. The first-order chi connectivity index (χ1) is 9.47. The van der Waals surface area contributed by atoms with Gasteiger partial charge in [0.15, 0.2) is 0 Å². The van der Waals surface area contributed by atoms with Crippen LogP contribution in [-0.4, -0.2) is 17.6 Å². The van der Waals surface area contributed by atoms with Crippen molar-refractivity contribution in [2.24, 2.45) is 0 Å². The Morgan fingerprint density at radius 1 is 1.35 bits per heavy atom. The molecule has 2 aromatic rings. The molecule has 0 saturated heterocycles. The van der Waals surface area contributed by atoms with E-state index in [2.05, 4.69) is 15.9 Å². The monoisotopic (exact) mass is 355 g/mol. The number of aromatic nitrogens is 1. The molecule has 6 heteroatoms. The van der Waals surface area contributed by atoms with Gasteiger partial charge < -0.3 is 4.74 Å². The third-order valence-electron chi connectivity index (χ3n) is 2.89. The van der Waals surface area contributed by atoms with Crippen molar-refractivity contribution in [3.8, 4) is 5.69 Å². The summed E-state index contributed by atoms with van der Waals surface area (Å²) >= 11 is 9.37. The fourth-order valence-corrected chi connectivity index (χ4v) is 2.74. The summed E-state index contributed by atoms with van der Waals surface area (Å²) in [5.74, 6) is -0.576. The minimum absolute atomic E-state index is 0.0858. The van der Waals surface area contributed by atoms with Gasteiger partial charge in [-0.1, -0.05) is 23.7 Å². The number of methoxy groups -OCH3 is 1. The van der Waals surface area contributed by atoms with Gasteiger partial charge >= 0.3 is 5.97 Å². The molecule has 0 saturated carbocycles. The summed E-state index contributed by atoms with van der Waals surface area (Å²) in [6.45, 7) is 1.65. The quantitative estimate of drug-likeness (QED) is 0.775. The lowest BCUT2D eigenvalue weighted by Crippen LogP contribution is -2.24. The zero-order valence-corrected chi connectivity index (χ0v) is 13.2. The van der Waals surface area contributed by atoms with E-state index in [0.29, 0.717) is 11.4 Å². The molecule has 4 nitrogen and oxygen atoms in total. The average Bonchev–Trinajstić information content (AvgIpc) is 2.40. The Balaban J connectivity index is 2.82. The maximum Gasteiger partial charge on any atom is 0.341 e. The predicted molar refractivity (Wildman–Crippen MR) is 80.8 cm³/mol. The van der Waals surface area contributed by atoms with Crippen molar-refractivity contribution in [3.63, 3.8) is 0 Å². The van der Waals surface area contributed by atoms with Crippen molar-refractivity contribution >= 4 is 33.5 Å². The molecule has 0 aliphatic carbocycles. The molecule has 0 unspecified atom stereocenters. The highest BCUT2D eigenvalue weighted by molar-refractivity contribution is 9.10. The van der Waals surface area contributed by atoms with Crippen LogP contribution in [0.25, 0.3) is 5.69 Å². The van der Waals surface area contributed by atoms with Crippen molar-refractivity contribution < 1.29 is 9.53 Å². The molecule has 0 bridgehead atoms. The molecule has 1 heterocycles. The van der Waals surface area contributed by atoms with E-state index in [4.69, 9.17) is 16.3 Å². The van der Waals surface area contributed by atoms with Gasteiger partial charge in [-0.2, -0.15) is 0 Å². The Morgan fingerprint density at radius 2 is 2.00 bits per heavy atom. The minimum Gasteiger partial charge on any atom is -0.465 e. The van der Waals surface area contributed by atoms with Crippen LogP contribution in [0.2, 0.25) is 5.02 Å². The molecular formula is C14H11BrClNO3. The molecule has 0 aliphatic rings. The second-order valence-corrected chi connectivity index (χ2v) is 5.33. The van der Waals surface area contributed by atoms with Gasteiger partial charge in [0.05, 0.1) is 23.4 Å². The van der Waals surface area contributed by atoms with E-state index in [9.17, 15) is 9.59 Å². The highest BCUT2D eigenvalue weighted by atomic mass is 79.9. The van der Waals surface area contributed by atoms with Crippen LogP contribution in [0.1, 0.15) is 16.1 Å². The summed E-state index contributed by atoms with van der Waals surface area (Å²) in [5.41, 5.74) is 0.939. The van der Waals surface area contributed by atoms with E-state index >= 15 is 0 Å². The second kappa shape index (κ2) is 5.81. The van der Waals surface area contributed by atoms with Crippen LogP contribution in [-0.2, 0) is 4.74 Å². The van der Waals surface area contributed by atoms with E-state index in [-0.39, 0.29) is 16.1 Å². The average molecular weight is 357 g/mol. The molecule has 104 valence electrons. The Morgan fingerprint density at radius 3 is 2.60 bits per heavy atom. The van der Waals surface area contributed by atoms with E-state index < -0.39 is 5.97 Å². The number of carbonyl (C=O) groups is 1. The van der Waals surface area contributed by atoms with Crippen molar-refractivity contribution in [1.82, 2.24) is 4.57 Å². The summed E-state index contributed by atoms with van der Waals surface area (Å²) < 4.78 is 6.87. The Bertz CT molecular complexity index is 740. The first-order valence-electron chi connectivity index (χ1n) is 5.72. The summed E-state index contributed by atoms with van der Waals surface area (Å²) in [7, 11) is 1.27. The van der Waals surface area contributed by atoms with E-state index in [1.165, 1.54) is 17.7 Å². The molecule has 0 amide bonds. The molecule has 0 N–H and O–H groups in total. The number of rotatable bonds is 2. The molecule has 0 radical (unpaired) electrons.